The van der Waals surface area contributed by atoms with Gasteiger partial charge in [0.1, 0.15) is 18.0 Å². The minimum Gasteiger partial charge on any atom is -0.497 e. The van der Waals surface area contributed by atoms with Crippen molar-refractivity contribution in [3.05, 3.63) is 41.0 Å². The van der Waals surface area contributed by atoms with Crippen molar-refractivity contribution in [2.45, 2.75) is 65.0 Å². The second-order valence-corrected chi connectivity index (χ2v) is 8.77. The van der Waals surface area contributed by atoms with Crippen LogP contribution in [0.3, 0.4) is 0 Å². The van der Waals surface area contributed by atoms with Crippen LogP contribution >= 0.6 is 0 Å². The van der Waals surface area contributed by atoms with Crippen LogP contribution in [0.4, 0.5) is 0 Å². The number of esters is 2. The first-order valence-electron chi connectivity index (χ1n) is 10.7. The Morgan fingerprint density at radius 2 is 1.87 bits per heavy atom. The van der Waals surface area contributed by atoms with E-state index >= 15 is 0 Å². The lowest BCUT2D eigenvalue weighted by atomic mass is 9.82. The lowest BCUT2D eigenvalue weighted by Crippen LogP contribution is -2.37. The Kier molecular flexibility index (Phi) is 5.87. The number of hydrogen-bond acceptors (Lipinski definition) is 6. The first-order valence-corrected chi connectivity index (χ1v) is 10.7. The molecular weight excluding hydrogens is 384 g/mol. The molecule has 3 aliphatic rings. The van der Waals surface area contributed by atoms with Crippen molar-refractivity contribution in [1.82, 2.24) is 0 Å². The molecule has 162 valence electrons. The van der Waals surface area contributed by atoms with Crippen molar-refractivity contribution in [3.63, 3.8) is 0 Å². The third-order valence-electron chi connectivity index (χ3n) is 6.90. The van der Waals surface area contributed by atoms with E-state index in [1.54, 1.807) is 7.11 Å². The summed E-state index contributed by atoms with van der Waals surface area (Å²) in [5.74, 6) is 0.548. The maximum Gasteiger partial charge on any atom is 0.306 e. The standard InChI is InChI=1S/C24H30O6/c1-13-9-21(29-15(3)25)19-11-22(26)30-24(19)23-14(2)20(10-18(13)23)28-12-16-5-7-17(27-4)8-6-16/h5-8,14,19-21,23-24H,9-12H2,1-4H3/t14-,19-,20+,21+,23+,24+/m1/s1. The predicted octanol–water partition coefficient (Wildman–Crippen LogP) is 3.82. The zero-order valence-electron chi connectivity index (χ0n) is 18.1. The Labute approximate surface area is 177 Å². The summed E-state index contributed by atoms with van der Waals surface area (Å²) in [5, 5.41) is 0. The van der Waals surface area contributed by atoms with Crippen molar-refractivity contribution >= 4 is 11.9 Å². The Hall–Kier alpha value is -2.34. The average Bonchev–Trinajstić information content (AvgIpc) is 3.22. The first-order chi connectivity index (χ1) is 14.4. The Morgan fingerprint density at radius 3 is 2.53 bits per heavy atom. The summed E-state index contributed by atoms with van der Waals surface area (Å²) >= 11 is 0. The number of fused-ring (bicyclic) bond motifs is 3. The van der Waals surface area contributed by atoms with Crippen LogP contribution in [0, 0.1) is 17.8 Å². The zero-order valence-corrected chi connectivity index (χ0v) is 18.1. The quantitative estimate of drug-likeness (QED) is 0.539. The van der Waals surface area contributed by atoms with Gasteiger partial charge in [-0.2, -0.15) is 0 Å². The monoisotopic (exact) mass is 414 g/mol. The summed E-state index contributed by atoms with van der Waals surface area (Å²) in [4.78, 5) is 23.8. The van der Waals surface area contributed by atoms with Gasteiger partial charge in [0.15, 0.2) is 0 Å². The molecule has 4 rings (SSSR count). The van der Waals surface area contributed by atoms with Gasteiger partial charge in [0, 0.05) is 25.2 Å². The Morgan fingerprint density at radius 1 is 1.13 bits per heavy atom. The highest BCUT2D eigenvalue weighted by molar-refractivity contribution is 5.73. The van der Waals surface area contributed by atoms with Gasteiger partial charge in [-0.1, -0.05) is 30.2 Å². The second-order valence-electron chi connectivity index (χ2n) is 8.77. The molecule has 0 unspecified atom stereocenters. The molecule has 30 heavy (non-hydrogen) atoms. The molecule has 1 aliphatic heterocycles. The van der Waals surface area contributed by atoms with Crippen LogP contribution in [-0.2, 0) is 30.4 Å². The van der Waals surface area contributed by atoms with E-state index < -0.39 is 0 Å². The highest BCUT2D eigenvalue weighted by atomic mass is 16.6. The van der Waals surface area contributed by atoms with Crippen LogP contribution in [0.2, 0.25) is 0 Å². The number of benzene rings is 1. The molecule has 1 saturated heterocycles. The highest BCUT2D eigenvalue weighted by Gasteiger charge is 2.54. The third-order valence-corrected chi connectivity index (χ3v) is 6.90. The number of methoxy groups -OCH3 is 1. The Bertz CT molecular complexity index is 842. The summed E-state index contributed by atoms with van der Waals surface area (Å²) in [6, 6.07) is 7.90. The molecule has 0 aromatic heterocycles. The van der Waals surface area contributed by atoms with E-state index in [9.17, 15) is 9.59 Å². The largest absolute Gasteiger partial charge is 0.497 e. The molecule has 1 saturated carbocycles. The molecule has 0 radical (unpaired) electrons. The van der Waals surface area contributed by atoms with E-state index in [0.717, 1.165) is 17.7 Å². The fourth-order valence-electron chi connectivity index (χ4n) is 5.38. The van der Waals surface area contributed by atoms with Crippen LogP contribution in [0.5, 0.6) is 5.75 Å². The predicted molar refractivity (Wildman–Crippen MR) is 110 cm³/mol. The number of carbonyl (C=O) groups excluding carboxylic acids is 2. The first kappa shape index (κ1) is 20.9. The van der Waals surface area contributed by atoms with Crippen molar-refractivity contribution in [1.29, 1.82) is 0 Å². The van der Waals surface area contributed by atoms with E-state index in [4.69, 9.17) is 18.9 Å². The van der Waals surface area contributed by atoms with Gasteiger partial charge in [-0.15, -0.1) is 0 Å². The van der Waals surface area contributed by atoms with E-state index in [-0.39, 0.29) is 48.0 Å². The number of rotatable bonds is 5. The molecule has 2 fully saturated rings. The van der Waals surface area contributed by atoms with Crippen molar-refractivity contribution in [2.24, 2.45) is 17.8 Å². The van der Waals surface area contributed by atoms with Gasteiger partial charge in [-0.05, 0) is 37.0 Å². The molecule has 0 bridgehead atoms. The second kappa shape index (κ2) is 8.42. The normalized spacial score (nSPS) is 32.9. The maximum absolute atomic E-state index is 12.2. The van der Waals surface area contributed by atoms with Crippen molar-refractivity contribution in [3.8, 4) is 5.75 Å². The van der Waals surface area contributed by atoms with Crippen LogP contribution in [-0.4, -0.2) is 37.4 Å². The summed E-state index contributed by atoms with van der Waals surface area (Å²) in [5.41, 5.74) is 3.64. The highest BCUT2D eigenvalue weighted by Crippen LogP contribution is 2.51. The lowest BCUT2D eigenvalue weighted by Gasteiger charge is -2.30. The molecule has 1 aromatic carbocycles. The fourth-order valence-corrected chi connectivity index (χ4v) is 5.38. The minimum atomic E-state index is -0.309. The lowest BCUT2D eigenvalue weighted by molar-refractivity contribution is -0.151. The van der Waals surface area contributed by atoms with Crippen molar-refractivity contribution < 1.29 is 28.5 Å². The third kappa shape index (κ3) is 3.97. The molecule has 1 heterocycles. The van der Waals surface area contributed by atoms with Crippen LogP contribution in [0.15, 0.2) is 35.4 Å². The molecule has 0 spiro atoms. The molecular formula is C24H30O6. The smallest absolute Gasteiger partial charge is 0.306 e. The topological polar surface area (TPSA) is 71.1 Å². The van der Waals surface area contributed by atoms with Crippen LogP contribution in [0.25, 0.3) is 0 Å². The number of carbonyl (C=O) groups is 2. The number of hydrogen-bond donors (Lipinski definition) is 0. The van der Waals surface area contributed by atoms with Gasteiger partial charge in [0.25, 0.3) is 0 Å². The zero-order chi connectivity index (χ0) is 21.4. The summed E-state index contributed by atoms with van der Waals surface area (Å²) in [6.07, 6.45) is 1.29. The van der Waals surface area contributed by atoms with Gasteiger partial charge >= 0.3 is 11.9 Å². The number of ether oxygens (including phenoxy) is 4. The SMILES string of the molecule is COc1ccc(CO[C@H]2CC3=C(C)C[C@H](OC(C)=O)[C@H]4CC(=O)O[C@@H]4[C@H]3[C@@H]2C)cc1. The van der Waals surface area contributed by atoms with E-state index in [0.29, 0.717) is 19.4 Å². The van der Waals surface area contributed by atoms with Gasteiger partial charge in [-0.25, -0.2) is 0 Å². The van der Waals surface area contributed by atoms with E-state index in [1.807, 2.05) is 24.3 Å². The van der Waals surface area contributed by atoms with E-state index in [1.165, 1.54) is 18.1 Å². The molecule has 6 heteroatoms. The van der Waals surface area contributed by atoms with Gasteiger partial charge < -0.3 is 18.9 Å². The summed E-state index contributed by atoms with van der Waals surface area (Å²) in [7, 11) is 1.65. The average molecular weight is 414 g/mol. The Balaban J connectivity index is 1.52. The van der Waals surface area contributed by atoms with Gasteiger partial charge in [0.2, 0.25) is 0 Å². The van der Waals surface area contributed by atoms with Gasteiger partial charge in [0.05, 0.1) is 26.2 Å². The fraction of sp³-hybridized carbons (Fsp3) is 0.583. The van der Waals surface area contributed by atoms with E-state index in [2.05, 4.69) is 13.8 Å². The summed E-state index contributed by atoms with van der Waals surface area (Å²) < 4.78 is 22.9. The molecule has 0 amide bonds. The molecule has 2 aliphatic carbocycles. The molecule has 6 nitrogen and oxygen atoms in total. The molecule has 6 atom stereocenters. The maximum atomic E-state index is 12.2. The molecule has 0 N–H and O–H groups in total. The van der Waals surface area contributed by atoms with Gasteiger partial charge in [-0.3, -0.25) is 9.59 Å². The van der Waals surface area contributed by atoms with Crippen LogP contribution in [0.1, 0.15) is 45.6 Å². The molecule has 1 aromatic rings. The minimum absolute atomic E-state index is 0.0623. The van der Waals surface area contributed by atoms with Crippen LogP contribution < -0.4 is 4.74 Å². The summed E-state index contributed by atoms with van der Waals surface area (Å²) in [6.45, 7) is 6.24. The van der Waals surface area contributed by atoms with Crippen molar-refractivity contribution in [2.75, 3.05) is 7.11 Å².